The minimum absolute atomic E-state index is 0.215. The van der Waals surface area contributed by atoms with Gasteiger partial charge in [-0.2, -0.15) is 4.72 Å². The van der Waals surface area contributed by atoms with E-state index < -0.39 is 10.0 Å². The van der Waals surface area contributed by atoms with Gasteiger partial charge in [0.2, 0.25) is 10.0 Å². The summed E-state index contributed by atoms with van der Waals surface area (Å²) in [6.45, 7) is 7.38. The Morgan fingerprint density at radius 1 is 1.18 bits per heavy atom. The summed E-state index contributed by atoms with van der Waals surface area (Å²) in [4.78, 5) is 10.9. The molecule has 0 aliphatic rings. The van der Waals surface area contributed by atoms with Gasteiger partial charge in [-0.15, -0.1) is 0 Å². The zero-order valence-corrected chi connectivity index (χ0v) is 18.3. The maximum absolute atomic E-state index is 12.6. The summed E-state index contributed by atoms with van der Waals surface area (Å²) in [6.07, 6.45) is 4.91. The molecule has 0 bridgehead atoms. The normalized spacial score (nSPS) is 13.2. The number of imidazole rings is 1. The Balaban J connectivity index is 1.77. The summed E-state index contributed by atoms with van der Waals surface area (Å²) in [5, 5.41) is 3.18. The number of hydrogen-bond acceptors (Lipinski definition) is 6. The monoisotopic (exact) mass is 466 g/mol. The zero-order valence-electron chi connectivity index (χ0n) is 15.9. The molecule has 2 aromatic heterocycles. The fourth-order valence-electron chi connectivity index (χ4n) is 2.97. The highest BCUT2D eigenvalue weighted by Crippen LogP contribution is 2.23. The van der Waals surface area contributed by atoms with E-state index in [1.54, 1.807) is 36.7 Å². The number of anilines is 2. The van der Waals surface area contributed by atoms with E-state index in [9.17, 15) is 8.42 Å². The van der Waals surface area contributed by atoms with Crippen LogP contribution in [0.25, 0.3) is 5.65 Å². The number of sulfonamides is 1. The van der Waals surface area contributed by atoms with Crippen molar-refractivity contribution in [3.63, 3.8) is 0 Å². The van der Waals surface area contributed by atoms with Crippen LogP contribution in [0.2, 0.25) is 0 Å². The summed E-state index contributed by atoms with van der Waals surface area (Å²) < 4.78 is 30.6. The van der Waals surface area contributed by atoms with E-state index in [2.05, 4.69) is 35.9 Å². The van der Waals surface area contributed by atoms with E-state index in [-0.39, 0.29) is 11.1 Å². The Labute approximate surface area is 173 Å². The predicted molar refractivity (Wildman–Crippen MR) is 113 cm³/mol. The van der Waals surface area contributed by atoms with E-state index in [0.717, 1.165) is 23.4 Å². The summed E-state index contributed by atoms with van der Waals surface area (Å²) >= 11 is 3.42. The van der Waals surface area contributed by atoms with Gasteiger partial charge in [0.25, 0.3) is 0 Å². The first kappa shape index (κ1) is 20.7. The summed E-state index contributed by atoms with van der Waals surface area (Å²) in [7, 11) is -3.60. The van der Waals surface area contributed by atoms with E-state index in [0.29, 0.717) is 11.5 Å². The van der Waals surface area contributed by atoms with Crippen LogP contribution >= 0.6 is 15.9 Å². The lowest BCUT2D eigenvalue weighted by Gasteiger charge is -2.26. The predicted octanol–water partition coefficient (Wildman–Crippen LogP) is 3.20. The van der Waals surface area contributed by atoms with Crippen molar-refractivity contribution in [1.82, 2.24) is 24.0 Å². The molecule has 2 N–H and O–H groups in total. The third-order valence-corrected chi connectivity index (χ3v) is 6.63. The Bertz CT molecular complexity index is 1050. The topological polar surface area (TPSA) is 91.6 Å². The number of aromatic nitrogens is 3. The van der Waals surface area contributed by atoms with Crippen LogP contribution in [-0.4, -0.2) is 46.9 Å². The molecule has 0 radical (unpaired) electrons. The number of hydrogen-bond donors (Lipinski definition) is 2. The largest absolute Gasteiger partial charge is 0.337 e. The van der Waals surface area contributed by atoms with Gasteiger partial charge in [-0.05, 0) is 60.2 Å². The van der Waals surface area contributed by atoms with Crippen molar-refractivity contribution in [3.05, 3.63) is 47.5 Å². The number of fused-ring (bicyclic) bond motifs is 1. The van der Waals surface area contributed by atoms with Gasteiger partial charge in [-0.25, -0.2) is 18.4 Å². The number of nitrogens with one attached hydrogen (secondary N) is 2. The molecule has 0 aliphatic carbocycles. The third kappa shape index (κ3) is 4.35. The fourth-order valence-corrected chi connectivity index (χ4v) is 4.59. The molecule has 0 saturated heterocycles. The first-order valence-corrected chi connectivity index (χ1v) is 11.2. The molecule has 0 aliphatic heterocycles. The Kier molecular flexibility index (Phi) is 6.33. The van der Waals surface area contributed by atoms with E-state index in [4.69, 9.17) is 0 Å². The molecule has 3 aromatic rings. The Morgan fingerprint density at radius 3 is 2.50 bits per heavy atom. The van der Waals surface area contributed by atoms with Crippen molar-refractivity contribution >= 4 is 43.1 Å². The van der Waals surface area contributed by atoms with Crippen molar-refractivity contribution in [1.29, 1.82) is 0 Å². The quantitative estimate of drug-likeness (QED) is 0.495. The summed E-state index contributed by atoms with van der Waals surface area (Å²) in [6, 6.07) is 6.56. The lowest BCUT2D eigenvalue weighted by Crippen LogP contribution is -2.45. The lowest BCUT2D eigenvalue weighted by atomic mass is 10.3. The molecule has 28 heavy (non-hydrogen) atoms. The SMILES string of the molecule is CCN(CC)C(C)NS(=O)(=O)c1ccc(Nc2ncc(Br)n3ccnc23)cc1. The van der Waals surface area contributed by atoms with Crippen LogP contribution in [0.4, 0.5) is 11.5 Å². The van der Waals surface area contributed by atoms with E-state index >= 15 is 0 Å². The Morgan fingerprint density at radius 2 is 1.86 bits per heavy atom. The average Bonchev–Trinajstić information content (AvgIpc) is 3.16. The molecule has 1 aromatic carbocycles. The second-order valence-corrected chi connectivity index (χ2v) is 8.74. The van der Waals surface area contributed by atoms with Crippen LogP contribution in [0.5, 0.6) is 0 Å². The molecule has 1 unspecified atom stereocenters. The minimum atomic E-state index is -3.60. The van der Waals surface area contributed by atoms with Crippen molar-refractivity contribution in [2.24, 2.45) is 0 Å². The smallest absolute Gasteiger partial charge is 0.241 e. The van der Waals surface area contributed by atoms with Gasteiger partial charge in [0.1, 0.15) is 4.60 Å². The molecule has 2 heterocycles. The standard InChI is InChI=1S/C18H23BrN6O2S/c1-4-24(5-2)13(3)23-28(26,27)15-8-6-14(7-9-15)22-17-18-20-10-11-25(18)16(19)12-21-17/h6-13,23H,4-5H2,1-3H3,(H,21,22). The molecule has 1 atom stereocenters. The van der Waals surface area contributed by atoms with Gasteiger partial charge in [-0.3, -0.25) is 9.30 Å². The second kappa shape index (κ2) is 8.56. The molecule has 0 amide bonds. The molecule has 0 fully saturated rings. The molecule has 8 nitrogen and oxygen atoms in total. The maximum Gasteiger partial charge on any atom is 0.241 e. The molecule has 0 saturated carbocycles. The first-order chi connectivity index (χ1) is 13.4. The number of nitrogens with zero attached hydrogens (tertiary/aromatic N) is 4. The van der Waals surface area contributed by atoms with Gasteiger partial charge in [0.15, 0.2) is 11.5 Å². The Hall–Kier alpha value is -2.01. The van der Waals surface area contributed by atoms with Gasteiger partial charge in [0.05, 0.1) is 17.3 Å². The van der Waals surface area contributed by atoms with Crippen molar-refractivity contribution in [2.75, 3.05) is 18.4 Å². The molecule has 150 valence electrons. The van der Waals surface area contributed by atoms with Crippen LogP contribution in [0.1, 0.15) is 20.8 Å². The molecule has 0 spiro atoms. The number of rotatable bonds is 8. The van der Waals surface area contributed by atoms with E-state index in [1.165, 1.54) is 0 Å². The van der Waals surface area contributed by atoms with Crippen LogP contribution in [0.3, 0.4) is 0 Å². The van der Waals surface area contributed by atoms with Gasteiger partial charge in [-0.1, -0.05) is 13.8 Å². The van der Waals surface area contributed by atoms with Crippen molar-refractivity contribution < 1.29 is 8.42 Å². The second-order valence-electron chi connectivity index (χ2n) is 6.22. The summed E-state index contributed by atoms with van der Waals surface area (Å²) in [5.41, 5.74) is 1.39. The van der Waals surface area contributed by atoms with Gasteiger partial charge in [0, 0.05) is 18.1 Å². The highest BCUT2D eigenvalue weighted by atomic mass is 79.9. The van der Waals surface area contributed by atoms with Crippen LogP contribution in [0.15, 0.2) is 52.4 Å². The molecular formula is C18H23BrN6O2S. The fraction of sp³-hybridized carbons (Fsp3) is 0.333. The number of halogens is 1. The van der Waals surface area contributed by atoms with Gasteiger partial charge < -0.3 is 5.32 Å². The molecule has 3 rings (SSSR count). The highest BCUT2D eigenvalue weighted by molar-refractivity contribution is 9.10. The van der Waals surface area contributed by atoms with Crippen molar-refractivity contribution in [3.8, 4) is 0 Å². The summed E-state index contributed by atoms with van der Waals surface area (Å²) in [5.74, 6) is 0.581. The maximum atomic E-state index is 12.6. The van der Waals surface area contributed by atoms with Crippen LogP contribution in [0, 0.1) is 0 Å². The lowest BCUT2D eigenvalue weighted by molar-refractivity contribution is 0.220. The molecule has 10 heteroatoms. The first-order valence-electron chi connectivity index (χ1n) is 8.96. The third-order valence-electron chi connectivity index (χ3n) is 4.50. The van der Waals surface area contributed by atoms with E-state index in [1.807, 2.05) is 36.3 Å². The highest BCUT2D eigenvalue weighted by Gasteiger charge is 2.20. The average molecular weight is 467 g/mol. The van der Waals surface area contributed by atoms with Crippen LogP contribution in [-0.2, 0) is 10.0 Å². The van der Waals surface area contributed by atoms with Crippen molar-refractivity contribution in [2.45, 2.75) is 31.8 Å². The molecular weight excluding hydrogens is 444 g/mol. The minimum Gasteiger partial charge on any atom is -0.337 e. The van der Waals surface area contributed by atoms with Crippen LogP contribution < -0.4 is 10.0 Å². The number of benzene rings is 1. The zero-order chi connectivity index (χ0) is 20.3. The van der Waals surface area contributed by atoms with Gasteiger partial charge >= 0.3 is 0 Å².